The van der Waals surface area contributed by atoms with Gasteiger partial charge in [-0.05, 0) is 33.0 Å². The minimum atomic E-state index is -0.687. The fourth-order valence-electron chi connectivity index (χ4n) is 2.84. The van der Waals surface area contributed by atoms with Crippen molar-refractivity contribution in [2.75, 3.05) is 20.7 Å². The van der Waals surface area contributed by atoms with Gasteiger partial charge >= 0.3 is 0 Å². The normalized spacial score (nSPS) is 13.2. The quantitative estimate of drug-likeness (QED) is 0.772. The third-order valence-electron chi connectivity index (χ3n) is 3.63. The fraction of sp³-hybridized carbons (Fsp3) is 0.375. The Morgan fingerprint density at radius 1 is 1.14 bits per heavy atom. The van der Waals surface area contributed by atoms with Crippen molar-refractivity contribution in [3.05, 3.63) is 29.2 Å². The smallest absolute Gasteiger partial charge is 0.177 e. The van der Waals surface area contributed by atoms with Crippen molar-refractivity contribution >= 4 is 21.9 Å². The lowest BCUT2D eigenvalue weighted by Crippen LogP contribution is -2.17. The van der Waals surface area contributed by atoms with Gasteiger partial charge in [0, 0.05) is 17.5 Å². The van der Waals surface area contributed by atoms with E-state index in [2.05, 4.69) is 5.32 Å². The number of likely N-dealkylation sites (N-methyl/N-ethyl adjacent to an activating group) is 1. The number of ether oxygens (including phenoxy) is 1. The van der Waals surface area contributed by atoms with Crippen LogP contribution >= 0.6 is 0 Å². The third-order valence-corrected chi connectivity index (χ3v) is 3.63. The highest BCUT2D eigenvalue weighted by molar-refractivity contribution is 6.05. The van der Waals surface area contributed by atoms with Crippen LogP contribution < -0.4 is 10.1 Å². The van der Waals surface area contributed by atoms with Gasteiger partial charge in [0.1, 0.15) is 17.1 Å². The summed E-state index contributed by atoms with van der Waals surface area (Å²) >= 11 is 0. The molecule has 0 amide bonds. The Kier molecular flexibility index (Phi) is 3.39. The minimum Gasteiger partial charge on any atom is -0.492 e. The van der Waals surface area contributed by atoms with E-state index in [-0.39, 0.29) is 0 Å². The van der Waals surface area contributed by atoms with E-state index >= 15 is 0 Å². The Hall–Kier alpha value is -1.98. The number of rotatable bonds is 4. The Labute approximate surface area is 122 Å². The van der Waals surface area contributed by atoms with Gasteiger partial charge in [-0.25, -0.2) is 0 Å². The van der Waals surface area contributed by atoms with Crippen LogP contribution in [0.2, 0.25) is 0 Å². The van der Waals surface area contributed by atoms with Gasteiger partial charge in [0.25, 0.3) is 0 Å². The average Bonchev–Trinajstić information content (AvgIpc) is 2.97. The van der Waals surface area contributed by atoms with Gasteiger partial charge in [0.05, 0.1) is 18.6 Å². The van der Waals surface area contributed by atoms with Crippen LogP contribution in [0.5, 0.6) is 5.75 Å². The summed E-state index contributed by atoms with van der Waals surface area (Å²) in [7, 11) is 3.41. The van der Waals surface area contributed by atoms with Crippen molar-refractivity contribution in [1.82, 2.24) is 5.32 Å². The molecule has 1 atom stereocenters. The van der Waals surface area contributed by atoms with Crippen LogP contribution in [-0.4, -0.2) is 25.8 Å². The van der Waals surface area contributed by atoms with Crippen molar-refractivity contribution in [3.8, 4) is 5.75 Å². The van der Waals surface area contributed by atoms with Crippen LogP contribution in [0, 0.1) is 13.8 Å². The number of benzene rings is 1. The monoisotopic (exact) mass is 289 g/mol. The summed E-state index contributed by atoms with van der Waals surface area (Å²) in [4.78, 5) is 0. The van der Waals surface area contributed by atoms with Gasteiger partial charge in [0.2, 0.25) is 0 Å². The molecule has 0 fully saturated rings. The summed E-state index contributed by atoms with van der Waals surface area (Å²) in [6, 6.07) is 3.81. The van der Waals surface area contributed by atoms with E-state index in [0.29, 0.717) is 23.5 Å². The van der Waals surface area contributed by atoms with Crippen molar-refractivity contribution in [3.63, 3.8) is 0 Å². The molecule has 0 aliphatic carbocycles. The highest BCUT2D eigenvalue weighted by Gasteiger charge is 2.25. The predicted molar refractivity (Wildman–Crippen MR) is 80.9 cm³/mol. The number of aliphatic hydroxyl groups is 1. The summed E-state index contributed by atoms with van der Waals surface area (Å²) in [5, 5.41) is 15.1. The van der Waals surface area contributed by atoms with E-state index in [1.54, 1.807) is 14.2 Å². The maximum absolute atomic E-state index is 10.5. The van der Waals surface area contributed by atoms with Gasteiger partial charge < -0.3 is 24.0 Å². The summed E-state index contributed by atoms with van der Waals surface area (Å²) in [5.41, 5.74) is 2.04. The Balaban J connectivity index is 2.45. The third kappa shape index (κ3) is 2.09. The van der Waals surface area contributed by atoms with Crippen LogP contribution in [0.4, 0.5) is 0 Å². The molecule has 0 saturated carbocycles. The number of aryl methyl sites for hydroxylation is 2. The van der Waals surface area contributed by atoms with Crippen LogP contribution in [0.25, 0.3) is 21.9 Å². The molecule has 21 heavy (non-hydrogen) atoms. The topological polar surface area (TPSA) is 67.8 Å². The van der Waals surface area contributed by atoms with Crippen molar-refractivity contribution in [1.29, 1.82) is 0 Å². The van der Waals surface area contributed by atoms with E-state index in [1.165, 1.54) is 0 Å². The lowest BCUT2D eigenvalue weighted by molar-refractivity contribution is 0.179. The van der Waals surface area contributed by atoms with Crippen LogP contribution in [0.1, 0.15) is 23.2 Å². The van der Waals surface area contributed by atoms with Crippen molar-refractivity contribution < 1.29 is 18.7 Å². The molecule has 2 N–H and O–H groups in total. The number of fused-ring (bicyclic) bond motifs is 2. The highest BCUT2D eigenvalue weighted by Crippen LogP contribution is 2.43. The van der Waals surface area contributed by atoms with Crippen LogP contribution in [-0.2, 0) is 0 Å². The van der Waals surface area contributed by atoms with Gasteiger partial charge in [-0.2, -0.15) is 0 Å². The van der Waals surface area contributed by atoms with Gasteiger partial charge in [-0.3, -0.25) is 0 Å². The Bertz CT molecular complexity index is 742. The molecule has 2 heterocycles. The zero-order valence-electron chi connectivity index (χ0n) is 12.6. The summed E-state index contributed by atoms with van der Waals surface area (Å²) in [6.45, 7) is 4.18. The molecule has 5 heteroatoms. The summed E-state index contributed by atoms with van der Waals surface area (Å²) < 4.78 is 17.1. The molecular formula is C16H19NO4. The molecule has 1 aromatic carbocycles. The molecule has 1 unspecified atom stereocenters. The number of nitrogens with one attached hydrogen (secondary N) is 1. The molecule has 0 aliphatic rings. The maximum Gasteiger partial charge on any atom is 0.177 e. The fourth-order valence-corrected chi connectivity index (χ4v) is 2.84. The molecule has 2 aromatic heterocycles. The average molecular weight is 289 g/mol. The Morgan fingerprint density at radius 3 is 2.38 bits per heavy atom. The van der Waals surface area contributed by atoms with E-state index in [0.717, 1.165) is 27.9 Å². The van der Waals surface area contributed by atoms with Gasteiger partial charge in [-0.15, -0.1) is 0 Å². The van der Waals surface area contributed by atoms with Crippen molar-refractivity contribution in [2.24, 2.45) is 0 Å². The highest BCUT2D eigenvalue weighted by atomic mass is 16.5. The molecule has 0 radical (unpaired) electrons. The van der Waals surface area contributed by atoms with Crippen LogP contribution in [0.3, 0.4) is 0 Å². The predicted octanol–water partition coefficient (Wildman–Crippen LogP) is 3.06. The standard InChI is InChI=1S/C16H19NO4/c1-8-5-10-13(12(18)7-17-3)14-11(6-9(2)20-14)15(19-4)16(10)21-8/h5-6,12,17-18H,7H2,1-4H3. The lowest BCUT2D eigenvalue weighted by Gasteiger charge is -2.13. The molecule has 5 nitrogen and oxygen atoms in total. The number of hydrogen-bond donors (Lipinski definition) is 2. The van der Waals surface area contributed by atoms with Gasteiger partial charge in [-0.1, -0.05) is 0 Å². The largest absolute Gasteiger partial charge is 0.492 e. The zero-order valence-corrected chi connectivity index (χ0v) is 12.6. The molecular weight excluding hydrogens is 270 g/mol. The molecule has 3 aromatic rings. The number of hydrogen-bond acceptors (Lipinski definition) is 5. The minimum absolute atomic E-state index is 0.431. The summed E-state index contributed by atoms with van der Waals surface area (Å²) in [6.07, 6.45) is -0.687. The first-order chi connectivity index (χ1) is 10.1. The second-order valence-electron chi connectivity index (χ2n) is 5.22. The van der Waals surface area contributed by atoms with E-state index in [9.17, 15) is 5.11 Å². The summed E-state index contributed by atoms with van der Waals surface area (Å²) in [5.74, 6) is 2.18. The second-order valence-corrected chi connectivity index (χ2v) is 5.22. The maximum atomic E-state index is 10.5. The second kappa shape index (κ2) is 5.09. The lowest BCUT2D eigenvalue weighted by atomic mass is 10.0. The van der Waals surface area contributed by atoms with Crippen LogP contribution in [0.15, 0.2) is 21.0 Å². The number of furan rings is 2. The first kappa shape index (κ1) is 14.0. The van der Waals surface area contributed by atoms with E-state index < -0.39 is 6.10 Å². The Morgan fingerprint density at radius 2 is 1.76 bits per heavy atom. The zero-order chi connectivity index (χ0) is 15.1. The molecule has 112 valence electrons. The van der Waals surface area contributed by atoms with Crippen molar-refractivity contribution in [2.45, 2.75) is 20.0 Å². The molecule has 0 spiro atoms. The number of aliphatic hydroxyl groups excluding tert-OH is 1. The van der Waals surface area contributed by atoms with Gasteiger partial charge in [0.15, 0.2) is 11.3 Å². The number of methoxy groups -OCH3 is 1. The molecule has 0 bridgehead atoms. The van der Waals surface area contributed by atoms with E-state index in [4.69, 9.17) is 13.6 Å². The SMILES string of the molecule is CNCC(O)c1c2cc(C)oc2c(OC)c2cc(C)oc12. The first-order valence-corrected chi connectivity index (χ1v) is 6.89. The van der Waals surface area contributed by atoms with E-state index in [1.807, 2.05) is 26.0 Å². The molecule has 3 rings (SSSR count). The molecule has 0 saturated heterocycles. The first-order valence-electron chi connectivity index (χ1n) is 6.89. The molecule has 0 aliphatic heterocycles.